The quantitative estimate of drug-likeness (QED) is 0.870. The number of urea groups is 1. The number of carbonyl (C=O) groups is 1. The second-order valence-corrected chi connectivity index (χ2v) is 5.77. The average Bonchev–Trinajstić information content (AvgIpc) is 3.17. The summed E-state index contributed by atoms with van der Waals surface area (Å²) in [7, 11) is 0. The van der Waals surface area contributed by atoms with Gasteiger partial charge in [0, 0.05) is 25.7 Å². The van der Waals surface area contributed by atoms with Crippen LogP contribution >= 0.6 is 0 Å². The van der Waals surface area contributed by atoms with Crippen molar-refractivity contribution in [1.29, 1.82) is 0 Å². The summed E-state index contributed by atoms with van der Waals surface area (Å²) in [6.07, 6.45) is 0. The first-order valence-electron chi connectivity index (χ1n) is 7.98. The van der Waals surface area contributed by atoms with E-state index >= 15 is 0 Å². The zero-order chi connectivity index (χ0) is 16.9. The lowest BCUT2D eigenvalue weighted by atomic mass is 10.1. The first-order valence-corrected chi connectivity index (χ1v) is 7.98. The molecule has 2 aromatic rings. The van der Waals surface area contributed by atoms with Crippen LogP contribution < -0.4 is 10.6 Å². The van der Waals surface area contributed by atoms with Crippen molar-refractivity contribution in [2.45, 2.75) is 19.9 Å². The summed E-state index contributed by atoms with van der Waals surface area (Å²) in [6.45, 7) is 7.07. The minimum atomic E-state index is -0.329. The van der Waals surface area contributed by atoms with Gasteiger partial charge in [0.05, 0.1) is 19.3 Å². The minimum Gasteiger partial charge on any atom is -0.465 e. The van der Waals surface area contributed by atoms with Gasteiger partial charge in [-0.15, -0.1) is 0 Å². The van der Waals surface area contributed by atoms with Gasteiger partial charge in [0.25, 0.3) is 0 Å². The molecule has 0 saturated carbocycles. The molecule has 1 saturated heterocycles. The number of hydrogen-bond acceptors (Lipinski definition) is 6. The lowest BCUT2D eigenvalue weighted by Gasteiger charge is -2.33. The Labute approximate surface area is 140 Å². The summed E-state index contributed by atoms with van der Waals surface area (Å²) in [5.41, 5.74) is 0. The van der Waals surface area contributed by atoms with E-state index in [2.05, 4.69) is 20.7 Å². The van der Waals surface area contributed by atoms with Crippen LogP contribution in [0.25, 0.3) is 0 Å². The van der Waals surface area contributed by atoms with E-state index in [0.717, 1.165) is 24.6 Å². The highest BCUT2D eigenvalue weighted by Gasteiger charge is 2.25. The first-order chi connectivity index (χ1) is 11.6. The largest absolute Gasteiger partial charge is 0.465 e. The molecule has 0 aliphatic carbocycles. The van der Waals surface area contributed by atoms with Crippen LogP contribution in [0.2, 0.25) is 0 Å². The molecule has 0 bridgehead atoms. The summed E-state index contributed by atoms with van der Waals surface area (Å²) in [6, 6.07) is 5.18. The standard InChI is InChI=1S/C16H22N4O4/c1-11-3-4-14(23-11)13(20-5-7-22-8-6-20)10-17-16(21)18-15-9-12(2)24-19-15/h3-4,9,13H,5-8,10H2,1-2H3,(H2,17,18,19,21). The van der Waals surface area contributed by atoms with E-state index < -0.39 is 0 Å². The fraction of sp³-hybridized carbons (Fsp3) is 0.500. The van der Waals surface area contributed by atoms with Gasteiger partial charge in [0.2, 0.25) is 0 Å². The summed E-state index contributed by atoms with van der Waals surface area (Å²) >= 11 is 0. The number of carbonyl (C=O) groups excluding carboxylic acids is 1. The smallest absolute Gasteiger partial charge is 0.320 e. The number of aromatic nitrogens is 1. The number of nitrogens with one attached hydrogen (secondary N) is 2. The maximum absolute atomic E-state index is 12.1. The molecule has 0 aromatic carbocycles. The Bertz CT molecular complexity index is 675. The van der Waals surface area contributed by atoms with Gasteiger partial charge in [0.1, 0.15) is 17.3 Å². The van der Waals surface area contributed by atoms with Crippen molar-refractivity contribution in [3.63, 3.8) is 0 Å². The summed E-state index contributed by atoms with van der Waals surface area (Å²) in [5, 5.41) is 9.26. The van der Waals surface area contributed by atoms with E-state index in [1.807, 2.05) is 19.1 Å². The molecule has 2 aromatic heterocycles. The van der Waals surface area contributed by atoms with Gasteiger partial charge >= 0.3 is 6.03 Å². The van der Waals surface area contributed by atoms with Gasteiger partial charge < -0.3 is 19.0 Å². The van der Waals surface area contributed by atoms with Crippen molar-refractivity contribution < 1.29 is 18.5 Å². The number of aryl methyl sites for hydroxylation is 2. The maximum Gasteiger partial charge on any atom is 0.320 e. The fourth-order valence-electron chi connectivity index (χ4n) is 2.71. The molecule has 3 heterocycles. The van der Waals surface area contributed by atoms with Crippen LogP contribution in [0.1, 0.15) is 23.3 Å². The normalized spacial score (nSPS) is 16.8. The molecular weight excluding hydrogens is 312 g/mol. The Morgan fingerprint density at radius 2 is 2.08 bits per heavy atom. The molecule has 8 nitrogen and oxygen atoms in total. The molecular formula is C16H22N4O4. The molecule has 1 aliphatic rings. The van der Waals surface area contributed by atoms with Crippen LogP contribution in [0.15, 0.2) is 27.1 Å². The number of morpholine rings is 1. The van der Waals surface area contributed by atoms with Gasteiger partial charge in [-0.3, -0.25) is 10.2 Å². The Kier molecular flexibility index (Phi) is 5.17. The SMILES string of the molecule is Cc1cc(NC(=O)NCC(c2ccc(C)o2)N2CCOCC2)no1. The highest BCUT2D eigenvalue weighted by Crippen LogP contribution is 2.23. The van der Waals surface area contributed by atoms with E-state index in [0.29, 0.717) is 31.3 Å². The van der Waals surface area contributed by atoms with Gasteiger partial charge in [-0.1, -0.05) is 5.16 Å². The van der Waals surface area contributed by atoms with Gasteiger partial charge in [-0.2, -0.15) is 0 Å². The highest BCUT2D eigenvalue weighted by molar-refractivity contribution is 5.88. The van der Waals surface area contributed by atoms with Crippen molar-refractivity contribution in [3.05, 3.63) is 35.5 Å². The van der Waals surface area contributed by atoms with Gasteiger partial charge in [-0.05, 0) is 26.0 Å². The van der Waals surface area contributed by atoms with E-state index in [-0.39, 0.29) is 12.1 Å². The topological polar surface area (TPSA) is 92.8 Å². The number of amides is 2. The number of ether oxygens (including phenoxy) is 1. The second kappa shape index (κ2) is 7.50. The number of nitrogens with zero attached hydrogens (tertiary/aromatic N) is 2. The fourth-order valence-corrected chi connectivity index (χ4v) is 2.71. The van der Waals surface area contributed by atoms with Crippen molar-refractivity contribution >= 4 is 11.8 Å². The number of rotatable bonds is 5. The lowest BCUT2D eigenvalue weighted by Crippen LogP contribution is -2.44. The Morgan fingerprint density at radius 3 is 2.71 bits per heavy atom. The zero-order valence-electron chi connectivity index (χ0n) is 13.9. The van der Waals surface area contributed by atoms with Crippen molar-refractivity contribution in [2.75, 3.05) is 38.2 Å². The molecule has 24 heavy (non-hydrogen) atoms. The highest BCUT2D eigenvalue weighted by atomic mass is 16.5. The lowest BCUT2D eigenvalue weighted by molar-refractivity contribution is 0.0122. The molecule has 1 fully saturated rings. The summed E-state index contributed by atoms with van der Waals surface area (Å²) in [5.74, 6) is 2.72. The molecule has 8 heteroatoms. The van der Waals surface area contributed by atoms with E-state index in [4.69, 9.17) is 13.7 Å². The molecule has 2 N–H and O–H groups in total. The van der Waals surface area contributed by atoms with Crippen LogP contribution in [0.3, 0.4) is 0 Å². The summed E-state index contributed by atoms with van der Waals surface area (Å²) < 4.78 is 16.1. The average molecular weight is 334 g/mol. The molecule has 2 amide bonds. The van der Waals surface area contributed by atoms with Crippen LogP contribution in [0, 0.1) is 13.8 Å². The van der Waals surface area contributed by atoms with Crippen molar-refractivity contribution in [2.24, 2.45) is 0 Å². The van der Waals surface area contributed by atoms with E-state index in [9.17, 15) is 4.79 Å². The van der Waals surface area contributed by atoms with E-state index in [1.165, 1.54) is 0 Å². The predicted octanol–water partition coefficient (Wildman–Crippen LogP) is 2.08. The zero-order valence-corrected chi connectivity index (χ0v) is 13.9. The van der Waals surface area contributed by atoms with Crippen molar-refractivity contribution in [3.8, 4) is 0 Å². The molecule has 1 unspecified atom stereocenters. The Morgan fingerprint density at radius 1 is 1.29 bits per heavy atom. The third-order valence-electron chi connectivity index (χ3n) is 3.90. The molecule has 0 spiro atoms. The molecule has 0 radical (unpaired) electrons. The summed E-state index contributed by atoms with van der Waals surface area (Å²) in [4.78, 5) is 14.3. The van der Waals surface area contributed by atoms with E-state index in [1.54, 1.807) is 13.0 Å². The Hall–Kier alpha value is -2.32. The van der Waals surface area contributed by atoms with Crippen LogP contribution in [-0.4, -0.2) is 48.9 Å². The molecule has 1 atom stereocenters. The third-order valence-corrected chi connectivity index (χ3v) is 3.90. The molecule has 1 aliphatic heterocycles. The Balaban J connectivity index is 1.61. The maximum atomic E-state index is 12.1. The van der Waals surface area contributed by atoms with Crippen molar-refractivity contribution in [1.82, 2.24) is 15.4 Å². The first kappa shape index (κ1) is 16.5. The van der Waals surface area contributed by atoms with Gasteiger partial charge in [-0.25, -0.2) is 4.79 Å². The van der Waals surface area contributed by atoms with Crippen LogP contribution in [0.4, 0.5) is 10.6 Å². The monoisotopic (exact) mass is 334 g/mol. The third kappa shape index (κ3) is 4.15. The second-order valence-electron chi connectivity index (χ2n) is 5.77. The van der Waals surface area contributed by atoms with Crippen LogP contribution in [0.5, 0.6) is 0 Å². The molecule has 130 valence electrons. The molecule has 3 rings (SSSR count). The predicted molar refractivity (Wildman–Crippen MR) is 86.8 cm³/mol. The minimum absolute atomic E-state index is 0.0348. The number of anilines is 1. The number of furan rings is 1. The number of hydrogen-bond donors (Lipinski definition) is 2. The van der Waals surface area contributed by atoms with Gasteiger partial charge in [0.15, 0.2) is 5.82 Å². The van der Waals surface area contributed by atoms with Crippen LogP contribution in [-0.2, 0) is 4.74 Å².